The van der Waals surface area contributed by atoms with Gasteiger partial charge in [0.1, 0.15) is 17.5 Å². The Hall–Kier alpha value is -2.24. The molecule has 0 saturated heterocycles. The highest BCUT2D eigenvalue weighted by molar-refractivity contribution is 5.84. The van der Waals surface area contributed by atoms with Gasteiger partial charge in [-0.15, -0.1) is 0 Å². The van der Waals surface area contributed by atoms with Gasteiger partial charge in [0, 0.05) is 0 Å². The molecule has 0 aromatic heterocycles. The molecule has 0 radical (unpaired) electrons. The lowest BCUT2D eigenvalue weighted by atomic mass is 10.0. The first-order valence-corrected chi connectivity index (χ1v) is 7.80. The van der Waals surface area contributed by atoms with Gasteiger partial charge in [-0.3, -0.25) is 4.79 Å². The third-order valence-electron chi connectivity index (χ3n) is 3.01. The number of nitrogens with one attached hydrogen (secondary N) is 1. The molecule has 0 bridgehead atoms. The third kappa shape index (κ3) is 7.54. The van der Waals surface area contributed by atoms with Crippen molar-refractivity contribution < 1.29 is 24.2 Å². The quantitative estimate of drug-likeness (QED) is 0.691. The molecule has 0 spiro atoms. The van der Waals surface area contributed by atoms with Crippen molar-refractivity contribution in [2.75, 3.05) is 13.2 Å². The van der Waals surface area contributed by atoms with E-state index in [1.807, 2.05) is 20.8 Å². The second-order valence-electron chi connectivity index (χ2n) is 5.70. The van der Waals surface area contributed by atoms with Crippen molar-refractivity contribution in [1.82, 2.24) is 5.32 Å². The summed E-state index contributed by atoms with van der Waals surface area (Å²) in [6.45, 7) is 6.26. The first kappa shape index (κ1) is 18.8. The number of benzene rings is 1. The topological polar surface area (TPSA) is 84.9 Å². The largest absolute Gasteiger partial charge is 0.494 e. The molecule has 1 amide bonds. The lowest BCUT2D eigenvalue weighted by Crippen LogP contribution is -2.43. The van der Waals surface area contributed by atoms with Crippen LogP contribution in [0.4, 0.5) is 0 Å². The molecule has 0 aliphatic heterocycles. The van der Waals surface area contributed by atoms with Gasteiger partial charge in [0.25, 0.3) is 5.91 Å². The highest BCUT2D eigenvalue weighted by Gasteiger charge is 2.21. The maximum Gasteiger partial charge on any atom is 0.326 e. The second kappa shape index (κ2) is 9.71. The predicted octanol–water partition coefficient (Wildman–Crippen LogP) is 2.47. The number of ether oxygens (including phenoxy) is 2. The average Bonchev–Trinajstić information content (AvgIpc) is 2.50. The maximum absolute atomic E-state index is 11.8. The molecular formula is C17H25NO5. The Bertz CT molecular complexity index is 498. The van der Waals surface area contributed by atoms with Crippen molar-refractivity contribution in [2.45, 2.75) is 39.7 Å². The number of carbonyl (C=O) groups excluding carboxylic acids is 1. The molecule has 0 fully saturated rings. The van der Waals surface area contributed by atoms with Gasteiger partial charge in [-0.05, 0) is 43.0 Å². The Kier molecular flexibility index (Phi) is 7.94. The van der Waals surface area contributed by atoms with E-state index in [4.69, 9.17) is 14.6 Å². The summed E-state index contributed by atoms with van der Waals surface area (Å²) in [5.74, 6) is -0.0481. The van der Waals surface area contributed by atoms with Crippen LogP contribution in [0.15, 0.2) is 24.3 Å². The summed E-state index contributed by atoms with van der Waals surface area (Å²) in [5, 5.41) is 11.6. The summed E-state index contributed by atoms with van der Waals surface area (Å²) in [4.78, 5) is 22.9. The zero-order valence-corrected chi connectivity index (χ0v) is 13.9. The van der Waals surface area contributed by atoms with E-state index in [9.17, 15) is 9.59 Å². The SMILES string of the molecule is CCCOc1ccc(OCC(=O)NC(CC(C)C)C(=O)O)cc1. The molecule has 128 valence electrons. The Labute approximate surface area is 136 Å². The molecule has 6 nitrogen and oxygen atoms in total. The predicted molar refractivity (Wildman–Crippen MR) is 86.7 cm³/mol. The van der Waals surface area contributed by atoms with Crippen molar-refractivity contribution in [3.05, 3.63) is 24.3 Å². The van der Waals surface area contributed by atoms with E-state index >= 15 is 0 Å². The molecule has 1 atom stereocenters. The summed E-state index contributed by atoms with van der Waals surface area (Å²) in [6, 6.07) is 6.06. The Morgan fingerprint density at radius 2 is 1.70 bits per heavy atom. The van der Waals surface area contributed by atoms with E-state index in [0.717, 1.165) is 12.2 Å². The Morgan fingerprint density at radius 1 is 1.13 bits per heavy atom. The number of carboxylic acids is 1. The molecule has 0 aliphatic rings. The highest BCUT2D eigenvalue weighted by Crippen LogP contribution is 2.17. The first-order valence-electron chi connectivity index (χ1n) is 7.80. The fraction of sp³-hybridized carbons (Fsp3) is 0.529. The molecule has 0 saturated carbocycles. The number of carbonyl (C=O) groups is 2. The summed E-state index contributed by atoms with van der Waals surface area (Å²) in [5.41, 5.74) is 0. The zero-order valence-electron chi connectivity index (χ0n) is 13.9. The molecule has 0 aliphatic carbocycles. The lowest BCUT2D eigenvalue weighted by Gasteiger charge is -2.16. The second-order valence-corrected chi connectivity index (χ2v) is 5.70. The minimum absolute atomic E-state index is 0.174. The standard InChI is InChI=1S/C17H25NO5/c1-4-9-22-13-5-7-14(8-6-13)23-11-16(19)18-15(17(20)21)10-12(2)3/h5-8,12,15H,4,9-11H2,1-3H3,(H,18,19)(H,20,21). The van der Waals surface area contributed by atoms with Crippen molar-refractivity contribution in [3.63, 3.8) is 0 Å². The highest BCUT2D eigenvalue weighted by atomic mass is 16.5. The van der Waals surface area contributed by atoms with Gasteiger partial charge < -0.3 is 19.9 Å². The molecule has 1 aromatic rings. The monoisotopic (exact) mass is 323 g/mol. The van der Waals surface area contributed by atoms with Gasteiger partial charge in [0.2, 0.25) is 0 Å². The number of hydrogen-bond acceptors (Lipinski definition) is 4. The molecule has 1 unspecified atom stereocenters. The maximum atomic E-state index is 11.8. The summed E-state index contributed by atoms with van der Waals surface area (Å²) in [6.07, 6.45) is 1.31. The average molecular weight is 323 g/mol. The summed E-state index contributed by atoms with van der Waals surface area (Å²) >= 11 is 0. The Morgan fingerprint density at radius 3 is 2.17 bits per heavy atom. The van der Waals surface area contributed by atoms with Gasteiger partial charge in [0.15, 0.2) is 6.61 Å². The van der Waals surface area contributed by atoms with Crippen LogP contribution in [0.1, 0.15) is 33.6 Å². The number of rotatable bonds is 10. The van der Waals surface area contributed by atoms with Crippen LogP contribution in [-0.4, -0.2) is 36.2 Å². The van der Waals surface area contributed by atoms with Crippen LogP contribution in [0.3, 0.4) is 0 Å². The van der Waals surface area contributed by atoms with Crippen LogP contribution in [0, 0.1) is 5.92 Å². The van der Waals surface area contributed by atoms with E-state index < -0.39 is 17.9 Å². The molecule has 1 aromatic carbocycles. The van der Waals surface area contributed by atoms with Crippen molar-refractivity contribution >= 4 is 11.9 Å². The number of hydrogen-bond donors (Lipinski definition) is 2. The number of aliphatic carboxylic acids is 1. The summed E-state index contributed by atoms with van der Waals surface area (Å²) in [7, 11) is 0. The van der Waals surface area contributed by atoms with Gasteiger partial charge in [-0.2, -0.15) is 0 Å². The zero-order chi connectivity index (χ0) is 17.2. The smallest absolute Gasteiger partial charge is 0.326 e. The molecule has 23 heavy (non-hydrogen) atoms. The number of amides is 1. The van der Waals surface area contributed by atoms with Crippen LogP contribution < -0.4 is 14.8 Å². The third-order valence-corrected chi connectivity index (χ3v) is 3.01. The van der Waals surface area contributed by atoms with Gasteiger partial charge in [-0.1, -0.05) is 20.8 Å². The van der Waals surface area contributed by atoms with Crippen LogP contribution in [0.2, 0.25) is 0 Å². The fourth-order valence-electron chi connectivity index (χ4n) is 1.93. The van der Waals surface area contributed by atoms with Gasteiger partial charge in [0.05, 0.1) is 6.61 Å². The van der Waals surface area contributed by atoms with Crippen molar-refractivity contribution in [2.24, 2.45) is 5.92 Å². The van der Waals surface area contributed by atoms with Crippen LogP contribution in [-0.2, 0) is 9.59 Å². The van der Waals surface area contributed by atoms with E-state index in [-0.39, 0.29) is 12.5 Å². The lowest BCUT2D eigenvalue weighted by molar-refractivity contribution is -0.142. The van der Waals surface area contributed by atoms with E-state index in [1.165, 1.54) is 0 Å². The molecule has 1 rings (SSSR count). The Balaban J connectivity index is 2.44. The van der Waals surface area contributed by atoms with E-state index in [0.29, 0.717) is 18.8 Å². The molecule has 0 heterocycles. The van der Waals surface area contributed by atoms with Crippen LogP contribution in [0.25, 0.3) is 0 Å². The van der Waals surface area contributed by atoms with Crippen LogP contribution in [0.5, 0.6) is 11.5 Å². The van der Waals surface area contributed by atoms with E-state index in [2.05, 4.69) is 5.32 Å². The minimum atomic E-state index is -1.04. The van der Waals surface area contributed by atoms with Gasteiger partial charge in [-0.25, -0.2) is 4.79 Å². The van der Waals surface area contributed by atoms with Crippen LogP contribution >= 0.6 is 0 Å². The van der Waals surface area contributed by atoms with E-state index in [1.54, 1.807) is 24.3 Å². The fourth-order valence-corrected chi connectivity index (χ4v) is 1.93. The molecular weight excluding hydrogens is 298 g/mol. The molecule has 6 heteroatoms. The normalized spacial score (nSPS) is 11.8. The van der Waals surface area contributed by atoms with Crippen molar-refractivity contribution in [3.8, 4) is 11.5 Å². The summed E-state index contributed by atoms with van der Waals surface area (Å²) < 4.78 is 10.8. The number of carboxylic acid groups (broad SMARTS) is 1. The minimum Gasteiger partial charge on any atom is -0.494 e. The van der Waals surface area contributed by atoms with Gasteiger partial charge >= 0.3 is 5.97 Å². The van der Waals surface area contributed by atoms with Crippen molar-refractivity contribution in [1.29, 1.82) is 0 Å². The first-order chi connectivity index (χ1) is 10.9. The molecule has 2 N–H and O–H groups in total.